The Balaban J connectivity index is 1.95. The van der Waals surface area contributed by atoms with Gasteiger partial charge in [-0.1, -0.05) is 48.5 Å². The number of rotatable bonds is 1. The molecule has 4 nitrogen and oxygen atoms in total. The third kappa shape index (κ3) is 2.19. The Morgan fingerprint density at radius 3 is 1.85 bits per heavy atom. The van der Waals surface area contributed by atoms with Gasteiger partial charge in [0.05, 0.1) is 22.1 Å². The Hall–Kier alpha value is -3.53. The van der Waals surface area contributed by atoms with Crippen LogP contribution >= 0.6 is 0 Å². The van der Waals surface area contributed by atoms with E-state index in [1.54, 1.807) is 12.1 Å². The molecule has 0 aliphatic rings. The van der Waals surface area contributed by atoms with E-state index in [2.05, 4.69) is 24.3 Å². The molecule has 0 atom stereocenters. The second-order valence-corrected chi connectivity index (χ2v) is 6.26. The quantitative estimate of drug-likeness (QED) is 0.186. The molecule has 0 aliphatic heterocycles. The molecule has 5 aromatic rings. The van der Waals surface area contributed by atoms with E-state index in [4.69, 9.17) is 14.7 Å². The zero-order valence-electron chi connectivity index (χ0n) is 14.1. The van der Waals surface area contributed by atoms with Crippen molar-refractivity contribution in [1.82, 2.24) is 9.97 Å². The Kier molecular flexibility index (Phi) is 3.12. The molecule has 0 aliphatic carbocycles. The van der Waals surface area contributed by atoms with Crippen LogP contribution in [0.1, 0.15) is 6.92 Å². The third-order valence-corrected chi connectivity index (χ3v) is 4.55. The number of fused-ring (bicyclic) bond motifs is 7. The molecule has 0 spiro atoms. The molecule has 4 heteroatoms. The maximum Gasteiger partial charge on any atom is 0.308 e. The van der Waals surface area contributed by atoms with Crippen LogP contribution in [0.5, 0.6) is 5.75 Å². The van der Waals surface area contributed by atoms with Crippen LogP contribution in [0.15, 0.2) is 66.7 Å². The molecule has 124 valence electrons. The van der Waals surface area contributed by atoms with E-state index in [9.17, 15) is 4.79 Å². The first-order chi connectivity index (χ1) is 12.7. The van der Waals surface area contributed by atoms with Crippen LogP contribution in [0, 0.1) is 0 Å². The summed E-state index contributed by atoms with van der Waals surface area (Å²) in [5, 5.41) is 4.47. The molecule has 5 rings (SSSR count). The molecule has 0 radical (unpaired) electrons. The summed E-state index contributed by atoms with van der Waals surface area (Å²) >= 11 is 0. The van der Waals surface area contributed by atoms with Gasteiger partial charge in [0.2, 0.25) is 0 Å². The highest BCUT2D eigenvalue weighted by atomic mass is 16.5. The van der Waals surface area contributed by atoms with Crippen LogP contribution in [0.2, 0.25) is 0 Å². The smallest absolute Gasteiger partial charge is 0.308 e. The molecule has 0 unspecified atom stereocenters. The van der Waals surface area contributed by atoms with E-state index >= 15 is 0 Å². The van der Waals surface area contributed by atoms with Crippen LogP contribution in [-0.2, 0) is 4.79 Å². The van der Waals surface area contributed by atoms with Crippen molar-refractivity contribution in [2.24, 2.45) is 0 Å². The number of hydrogen-bond donors (Lipinski definition) is 0. The molecular formula is C22H14N2O2. The van der Waals surface area contributed by atoms with Gasteiger partial charge in [-0.15, -0.1) is 0 Å². The second-order valence-electron chi connectivity index (χ2n) is 6.26. The summed E-state index contributed by atoms with van der Waals surface area (Å²) in [6, 6.07) is 21.8. The van der Waals surface area contributed by atoms with E-state index < -0.39 is 0 Å². The highest BCUT2D eigenvalue weighted by Gasteiger charge is 2.12. The minimum Gasteiger partial charge on any atom is -0.427 e. The van der Waals surface area contributed by atoms with Crippen molar-refractivity contribution in [2.45, 2.75) is 6.92 Å². The maximum absolute atomic E-state index is 11.2. The maximum atomic E-state index is 11.2. The van der Waals surface area contributed by atoms with E-state index in [-0.39, 0.29) is 5.97 Å². The van der Waals surface area contributed by atoms with Crippen LogP contribution < -0.4 is 4.74 Å². The van der Waals surface area contributed by atoms with E-state index in [0.717, 1.165) is 32.7 Å². The van der Waals surface area contributed by atoms with Gasteiger partial charge in [0.25, 0.3) is 0 Å². The van der Waals surface area contributed by atoms with E-state index in [0.29, 0.717) is 11.3 Å². The molecule has 26 heavy (non-hydrogen) atoms. The number of esters is 1. The van der Waals surface area contributed by atoms with Gasteiger partial charge in [-0.3, -0.25) is 4.79 Å². The monoisotopic (exact) mass is 338 g/mol. The Morgan fingerprint density at radius 2 is 1.27 bits per heavy atom. The number of benzene rings is 4. The van der Waals surface area contributed by atoms with Crippen LogP contribution in [0.25, 0.3) is 43.6 Å². The molecule has 0 fully saturated rings. The first-order valence-corrected chi connectivity index (χ1v) is 8.40. The SMILES string of the molecule is CC(=O)Oc1ccc2nc3c4ccccc4c4ccccc4c3nc2c1. The van der Waals surface area contributed by atoms with Gasteiger partial charge < -0.3 is 4.74 Å². The van der Waals surface area contributed by atoms with E-state index in [1.807, 2.05) is 30.3 Å². The van der Waals surface area contributed by atoms with Crippen molar-refractivity contribution in [3.8, 4) is 5.75 Å². The average molecular weight is 338 g/mol. The van der Waals surface area contributed by atoms with Crippen molar-refractivity contribution < 1.29 is 9.53 Å². The van der Waals surface area contributed by atoms with Gasteiger partial charge in [-0.05, 0) is 22.9 Å². The number of nitrogens with zero attached hydrogens (tertiary/aromatic N) is 2. The summed E-state index contributed by atoms with van der Waals surface area (Å²) in [6.45, 7) is 1.38. The molecule has 1 aromatic heterocycles. The predicted molar refractivity (Wildman–Crippen MR) is 103 cm³/mol. The van der Waals surface area contributed by atoms with Gasteiger partial charge in [-0.2, -0.15) is 0 Å². The van der Waals surface area contributed by atoms with Gasteiger partial charge in [-0.25, -0.2) is 9.97 Å². The van der Waals surface area contributed by atoms with Crippen LogP contribution in [-0.4, -0.2) is 15.9 Å². The molecule has 0 N–H and O–H groups in total. The van der Waals surface area contributed by atoms with Crippen LogP contribution in [0.3, 0.4) is 0 Å². The fourth-order valence-electron chi connectivity index (χ4n) is 3.49. The molecule has 0 bridgehead atoms. The average Bonchev–Trinajstić information content (AvgIpc) is 2.66. The van der Waals surface area contributed by atoms with Gasteiger partial charge in [0.1, 0.15) is 5.75 Å². The van der Waals surface area contributed by atoms with E-state index in [1.165, 1.54) is 12.3 Å². The zero-order valence-corrected chi connectivity index (χ0v) is 14.1. The van der Waals surface area contributed by atoms with Crippen molar-refractivity contribution in [1.29, 1.82) is 0 Å². The molecule has 1 heterocycles. The lowest BCUT2D eigenvalue weighted by Gasteiger charge is -2.10. The Bertz CT molecular complexity index is 1340. The standard InChI is InChI=1S/C22H14N2O2/c1-13(25)26-14-10-11-19-20(12-14)24-22-18-9-5-3-7-16(18)15-6-2-4-8-17(15)21(22)23-19/h2-12H,1H3. The lowest BCUT2D eigenvalue weighted by Crippen LogP contribution is -2.01. The summed E-state index contributed by atoms with van der Waals surface area (Å²) < 4.78 is 5.19. The summed E-state index contributed by atoms with van der Waals surface area (Å²) in [6.07, 6.45) is 0. The summed E-state index contributed by atoms with van der Waals surface area (Å²) in [5.41, 5.74) is 3.21. The topological polar surface area (TPSA) is 52.1 Å². The van der Waals surface area contributed by atoms with Gasteiger partial charge in [0, 0.05) is 23.8 Å². The Morgan fingerprint density at radius 1 is 0.731 bits per heavy atom. The number of hydrogen-bond acceptors (Lipinski definition) is 4. The molecule has 0 saturated heterocycles. The lowest BCUT2D eigenvalue weighted by atomic mass is 9.99. The molecule has 4 aromatic carbocycles. The first-order valence-electron chi connectivity index (χ1n) is 8.40. The van der Waals surface area contributed by atoms with Crippen molar-refractivity contribution in [3.63, 3.8) is 0 Å². The van der Waals surface area contributed by atoms with Crippen LogP contribution in [0.4, 0.5) is 0 Å². The minimum absolute atomic E-state index is 0.352. The fraction of sp³-hybridized carbons (Fsp3) is 0.0455. The van der Waals surface area contributed by atoms with Gasteiger partial charge in [0.15, 0.2) is 0 Å². The molecule has 0 saturated carbocycles. The number of aromatic nitrogens is 2. The minimum atomic E-state index is -0.352. The van der Waals surface area contributed by atoms with Gasteiger partial charge >= 0.3 is 5.97 Å². The third-order valence-electron chi connectivity index (χ3n) is 4.55. The van der Waals surface area contributed by atoms with Crippen molar-refractivity contribution >= 4 is 49.6 Å². The van der Waals surface area contributed by atoms with Crippen molar-refractivity contribution in [3.05, 3.63) is 66.7 Å². The number of ether oxygens (including phenoxy) is 1. The normalized spacial score (nSPS) is 11.4. The second kappa shape index (κ2) is 5.49. The summed E-state index contributed by atoms with van der Waals surface area (Å²) in [4.78, 5) is 21.0. The number of carbonyl (C=O) groups excluding carboxylic acids is 1. The fourth-order valence-corrected chi connectivity index (χ4v) is 3.49. The largest absolute Gasteiger partial charge is 0.427 e. The summed E-state index contributed by atoms with van der Waals surface area (Å²) in [7, 11) is 0. The Labute approximate surface area is 149 Å². The zero-order chi connectivity index (χ0) is 17.7. The molecular weight excluding hydrogens is 324 g/mol. The molecule has 0 amide bonds. The highest BCUT2D eigenvalue weighted by Crippen LogP contribution is 2.34. The van der Waals surface area contributed by atoms with Crippen molar-refractivity contribution in [2.75, 3.05) is 0 Å². The lowest BCUT2D eigenvalue weighted by molar-refractivity contribution is -0.131. The number of carbonyl (C=O) groups is 1. The first kappa shape index (κ1) is 14.8. The predicted octanol–water partition coefficient (Wildman–Crippen LogP) is 5.01. The highest BCUT2D eigenvalue weighted by molar-refractivity contribution is 6.23. The summed E-state index contributed by atoms with van der Waals surface area (Å²) in [5.74, 6) is 0.123.